The molecule has 3 atom stereocenters. The predicted octanol–water partition coefficient (Wildman–Crippen LogP) is 6.00. The van der Waals surface area contributed by atoms with Crippen LogP contribution in [0.3, 0.4) is 0 Å². The van der Waals surface area contributed by atoms with Crippen LogP contribution in [0.4, 0.5) is 0 Å². The van der Waals surface area contributed by atoms with Crippen LogP contribution in [-0.4, -0.2) is 63.5 Å². The van der Waals surface area contributed by atoms with Crippen LogP contribution < -0.4 is 0 Å². The van der Waals surface area contributed by atoms with Crippen molar-refractivity contribution in [3.63, 3.8) is 0 Å². The molecule has 0 spiro atoms. The van der Waals surface area contributed by atoms with Crippen LogP contribution in [0.25, 0.3) is 0 Å². The summed E-state index contributed by atoms with van der Waals surface area (Å²) in [5, 5.41) is 20.0. The molecule has 4 N–H and O–H groups in total. The van der Waals surface area contributed by atoms with Crippen molar-refractivity contribution in [2.45, 2.75) is 122 Å². The molecule has 0 amide bonds. The van der Waals surface area contributed by atoms with E-state index in [2.05, 4.69) is 24.4 Å². The number of aliphatic hydroxyl groups excluding tert-OH is 2. The third-order valence-electron chi connectivity index (χ3n) is 6.04. The Balaban J connectivity index is 4.37. The molecule has 11 heteroatoms. The van der Waals surface area contributed by atoms with E-state index < -0.39 is 44.7 Å². The molecule has 0 rings (SSSR count). The van der Waals surface area contributed by atoms with E-state index in [1.165, 1.54) is 19.3 Å². The van der Waals surface area contributed by atoms with Gasteiger partial charge in [0.25, 0.3) is 0 Å². The Morgan fingerprint density at radius 3 is 2.02 bits per heavy atom. The Labute approximate surface area is 251 Å². The van der Waals surface area contributed by atoms with Gasteiger partial charge in [-0.25, -0.2) is 4.57 Å². The summed E-state index contributed by atoms with van der Waals surface area (Å²) in [4.78, 5) is 42.1. The quantitative estimate of drug-likeness (QED) is 0.0298. The minimum absolute atomic E-state index is 0.0494. The van der Waals surface area contributed by atoms with Crippen molar-refractivity contribution < 1.29 is 48.2 Å². The molecule has 0 aliphatic rings. The first kappa shape index (κ1) is 39.9. The van der Waals surface area contributed by atoms with Crippen LogP contribution >= 0.6 is 7.82 Å². The molecular weight excluding hydrogens is 563 g/mol. The Bertz CT molecular complexity index is 862. The average molecular weight is 617 g/mol. The largest absolute Gasteiger partial charge is 0.469 e. The second kappa shape index (κ2) is 26.5. The molecule has 0 saturated heterocycles. The minimum Gasteiger partial charge on any atom is -0.462 e. The Morgan fingerprint density at radius 1 is 0.738 bits per heavy atom. The van der Waals surface area contributed by atoms with E-state index in [-0.39, 0.29) is 25.9 Å². The molecule has 0 aromatic heterocycles. The zero-order chi connectivity index (χ0) is 31.5. The van der Waals surface area contributed by atoms with E-state index >= 15 is 0 Å². The first-order valence-corrected chi connectivity index (χ1v) is 16.7. The molecule has 10 nitrogen and oxygen atoms in total. The maximum atomic E-state index is 12.2. The molecule has 0 unspecified atom stereocenters. The summed E-state index contributed by atoms with van der Waals surface area (Å²) in [5.41, 5.74) is 0. The van der Waals surface area contributed by atoms with Gasteiger partial charge in [0.15, 0.2) is 6.10 Å². The fraction of sp³-hybridized carbons (Fsp3) is 0.677. The molecule has 0 aromatic carbocycles. The third-order valence-corrected chi connectivity index (χ3v) is 6.53. The van der Waals surface area contributed by atoms with E-state index in [0.717, 1.165) is 32.1 Å². The molecule has 0 aliphatic carbocycles. The highest BCUT2D eigenvalue weighted by atomic mass is 31.2. The summed E-state index contributed by atoms with van der Waals surface area (Å²) >= 11 is 0. The van der Waals surface area contributed by atoms with Gasteiger partial charge >= 0.3 is 19.8 Å². The number of unbranched alkanes of at least 4 members (excludes halogenated alkanes) is 7. The normalized spacial score (nSPS) is 14.7. The van der Waals surface area contributed by atoms with Gasteiger partial charge in [0, 0.05) is 12.8 Å². The molecule has 0 radical (unpaired) electrons. The lowest BCUT2D eigenvalue weighted by molar-refractivity contribution is -0.161. The van der Waals surface area contributed by atoms with Gasteiger partial charge in [-0.1, -0.05) is 101 Å². The number of phosphoric ester groups is 1. The van der Waals surface area contributed by atoms with Crippen LogP contribution in [0.2, 0.25) is 0 Å². The number of esters is 2. The summed E-state index contributed by atoms with van der Waals surface area (Å²) in [6.45, 7) is 3.26. The van der Waals surface area contributed by atoms with Crippen LogP contribution in [0, 0.1) is 0 Å². The molecule has 0 heterocycles. The summed E-state index contributed by atoms with van der Waals surface area (Å²) in [5.74, 6) is -1.15. The van der Waals surface area contributed by atoms with Crippen LogP contribution in [0.5, 0.6) is 0 Å². The maximum absolute atomic E-state index is 12.2. The van der Waals surface area contributed by atoms with Crippen molar-refractivity contribution in [2.75, 3.05) is 13.2 Å². The second-order valence-electron chi connectivity index (χ2n) is 10.1. The van der Waals surface area contributed by atoms with Gasteiger partial charge in [-0.3, -0.25) is 14.1 Å². The lowest BCUT2D eigenvalue weighted by Crippen LogP contribution is -2.29. The van der Waals surface area contributed by atoms with Gasteiger partial charge in [0.05, 0.1) is 18.8 Å². The van der Waals surface area contributed by atoms with Gasteiger partial charge in [0.2, 0.25) is 0 Å². The van der Waals surface area contributed by atoms with E-state index in [0.29, 0.717) is 19.3 Å². The van der Waals surface area contributed by atoms with E-state index in [1.807, 2.05) is 6.08 Å². The predicted molar refractivity (Wildman–Crippen MR) is 163 cm³/mol. The first-order valence-electron chi connectivity index (χ1n) is 15.1. The maximum Gasteiger partial charge on any atom is 0.469 e. The van der Waals surface area contributed by atoms with Gasteiger partial charge in [0.1, 0.15) is 6.61 Å². The highest BCUT2D eigenvalue weighted by Crippen LogP contribution is 2.35. The number of rotatable bonds is 26. The summed E-state index contributed by atoms with van der Waals surface area (Å²) in [6, 6.07) is 0. The Kier molecular flexibility index (Phi) is 25.2. The van der Waals surface area contributed by atoms with Gasteiger partial charge < -0.3 is 29.5 Å². The van der Waals surface area contributed by atoms with Crippen LogP contribution in [0.15, 0.2) is 48.6 Å². The Morgan fingerprint density at radius 2 is 1.36 bits per heavy atom. The fourth-order valence-electron chi connectivity index (χ4n) is 3.68. The van der Waals surface area contributed by atoms with Crippen LogP contribution in [0.1, 0.15) is 104 Å². The molecule has 42 heavy (non-hydrogen) atoms. The monoisotopic (exact) mass is 616 g/mol. The fourth-order valence-corrected chi connectivity index (χ4v) is 4.04. The molecule has 242 valence electrons. The molecule has 0 fully saturated rings. The number of carbonyl (C=O) groups is 2. The number of allylic oxidation sites excluding steroid dienone is 5. The van der Waals surface area contributed by atoms with E-state index in [4.69, 9.17) is 19.3 Å². The molecule has 0 bridgehead atoms. The summed E-state index contributed by atoms with van der Waals surface area (Å²) < 4.78 is 25.8. The van der Waals surface area contributed by atoms with E-state index in [9.17, 15) is 24.4 Å². The summed E-state index contributed by atoms with van der Waals surface area (Å²) in [7, 11) is -4.80. The zero-order valence-electron chi connectivity index (χ0n) is 25.4. The van der Waals surface area contributed by atoms with Crippen molar-refractivity contribution >= 4 is 19.8 Å². The van der Waals surface area contributed by atoms with E-state index in [1.54, 1.807) is 36.5 Å². The molecule has 0 saturated carbocycles. The highest BCUT2D eigenvalue weighted by molar-refractivity contribution is 7.46. The molecular formula is C31H53O10P. The minimum atomic E-state index is -4.80. The molecule has 0 aromatic rings. The standard InChI is InChI=1S/C31H53O10P/c1-3-5-7-9-11-14-19-27(32)20-15-12-13-16-21-28(33)22-18-24-31(35)41-29(26-40-42(36,37)38)25-39-30(34)23-17-10-8-6-4-2/h11-16,20-21,27-29,32-33H,3-10,17-19,22-26H2,1-2H3,(H2,36,37,38)/b13-12+,14-11-,20-15+,21-16-/t27-,28-,29+/m0/s1. The van der Waals surface area contributed by atoms with Crippen molar-refractivity contribution in [2.24, 2.45) is 0 Å². The lowest BCUT2D eigenvalue weighted by atomic mass is 10.1. The number of hydrogen-bond acceptors (Lipinski definition) is 8. The SMILES string of the molecule is CCCCC/C=C\C[C@H](O)/C=C/C=C/C=C\[C@H](O)CCCC(=O)O[C@H](COC(=O)CCCCCCC)COP(=O)(O)O. The third kappa shape index (κ3) is 28.1. The van der Waals surface area contributed by atoms with Crippen molar-refractivity contribution in [1.29, 1.82) is 0 Å². The smallest absolute Gasteiger partial charge is 0.462 e. The second-order valence-corrected chi connectivity index (χ2v) is 11.4. The van der Waals surface area contributed by atoms with Gasteiger partial charge in [-0.05, 0) is 38.5 Å². The zero-order valence-corrected chi connectivity index (χ0v) is 26.2. The lowest BCUT2D eigenvalue weighted by Gasteiger charge is -2.18. The Hall–Kier alpha value is -2.07. The van der Waals surface area contributed by atoms with Crippen molar-refractivity contribution in [3.8, 4) is 0 Å². The van der Waals surface area contributed by atoms with Crippen molar-refractivity contribution in [3.05, 3.63) is 48.6 Å². The number of phosphoric acid groups is 1. The molecule has 0 aliphatic heterocycles. The van der Waals surface area contributed by atoms with Gasteiger partial charge in [-0.15, -0.1) is 0 Å². The average Bonchev–Trinajstić information content (AvgIpc) is 2.93. The van der Waals surface area contributed by atoms with Crippen molar-refractivity contribution in [1.82, 2.24) is 0 Å². The number of hydrogen-bond donors (Lipinski definition) is 4. The number of carbonyl (C=O) groups excluding carboxylic acids is 2. The number of ether oxygens (including phenoxy) is 2. The highest BCUT2D eigenvalue weighted by Gasteiger charge is 2.23. The summed E-state index contributed by atoms with van der Waals surface area (Å²) in [6.07, 6.45) is 22.4. The van der Waals surface area contributed by atoms with Gasteiger partial charge in [-0.2, -0.15) is 0 Å². The van der Waals surface area contributed by atoms with Crippen LogP contribution in [-0.2, 0) is 28.2 Å². The topological polar surface area (TPSA) is 160 Å². The first-order chi connectivity index (χ1) is 20.1. The number of aliphatic hydroxyl groups is 2.